The fraction of sp³-hybridized carbons (Fsp3) is 0.565. The zero-order valence-corrected chi connectivity index (χ0v) is 20.8. The zero-order chi connectivity index (χ0) is 24.4. The normalized spacial score (nSPS) is 28.9. The Hall–Kier alpha value is -1.98. The Kier molecular flexibility index (Phi) is 5.72. The molecule has 0 bridgehead atoms. The van der Waals surface area contributed by atoms with E-state index in [1.165, 1.54) is 5.01 Å². The van der Waals surface area contributed by atoms with Crippen molar-refractivity contribution in [3.05, 3.63) is 34.2 Å². The summed E-state index contributed by atoms with van der Waals surface area (Å²) >= 11 is 13.0. The third-order valence-electron chi connectivity index (χ3n) is 7.48. The van der Waals surface area contributed by atoms with Gasteiger partial charge in [0.2, 0.25) is 5.95 Å². The Labute approximate surface area is 212 Å². The van der Waals surface area contributed by atoms with E-state index in [2.05, 4.69) is 37.4 Å². The average molecular weight is 526 g/mol. The van der Waals surface area contributed by atoms with E-state index in [1.54, 1.807) is 6.20 Å². The number of anilines is 2. The van der Waals surface area contributed by atoms with E-state index >= 15 is 0 Å². The summed E-state index contributed by atoms with van der Waals surface area (Å²) in [6.45, 7) is 7.81. The molecule has 12 heteroatoms. The molecule has 8 nitrogen and oxygen atoms in total. The maximum atomic E-state index is 13.5. The van der Waals surface area contributed by atoms with Crippen molar-refractivity contribution in [1.29, 1.82) is 0 Å². The van der Waals surface area contributed by atoms with Crippen LogP contribution in [0.3, 0.4) is 0 Å². The van der Waals surface area contributed by atoms with E-state index < -0.39 is 12.0 Å². The van der Waals surface area contributed by atoms with Crippen LogP contribution in [0, 0.1) is 0 Å². The molecule has 2 aromatic rings. The highest BCUT2D eigenvalue weighted by Crippen LogP contribution is 2.47. The molecule has 4 heterocycles. The van der Waals surface area contributed by atoms with Crippen molar-refractivity contribution in [2.45, 2.75) is 37.3 Å². The predicted molar refractivity (Wildman–Crippen MR) is 132 cm³/mol. The van der Waals surface area contributed by atoms with Gasteiger partial charge in [-0.1, -0.05) is 23.2 Å². The van der Waals surface area contributed by atoms with Crippen LogP contribution in [0.5, 0.6) is 0 Å². The third-order valence-corrected chi connectivity index (χ3v) is 8.20. The molecule has 1 aromatic carbocycles. The zero-order valence-electron chi connectivity index (χ0n) is 19.3. The first-order chi connectivity index (χ1) is 16.7. The van der Waals surface area contributed by atoms with E-state index in [0.717, 1.165) is 62.4 Å². The van der Waals surface area contributed by atoms with Gasteiger partial charge in [0, 0.05) is 56.3 Å². The summed E-state index contributed by atoms with van der Waals surface area (Å²) in [4.78, 5) is 13.8. The van der Waals surface area contributed by atoms with Gasteiger partial charge in [-0.15, -0.1) is 0 Å². The van der Waals surface area contributed by atoms with Crippen LogP contribution in [0.15, 0.2) is 29.2 Å². The number of aromatic nitrogens is 2. The Morgan fingerprint density at radius 2 is 1.97 bits per heavy atom. The van der Waals surface area contributed by atoms with Crippen LogP contribution in [0.25, 0.3) is 10.9 Å². The van der Waals surface area contributed by atoms with Crippen molar-refractivity contribution in [3.8, 4) is 0 Å². The molecule has 2 saturated heterocycles. The van der Waals surface area contributed by atoms with Gasteiger partial charge in [-0.3, -0.25) is 9.91 Å². The molecule has 6 rings (SSSR count). The van der Waals surface area contributed by atoms with Crippen LogP contribution in [-0.4, -0.2) is 83.3 Å². The largest absolute Gasteiger partial charge is 0.379 e. The van der Waals surface area contributed by atoms with Gasteiger partial charge in [0.15, 0.2) is 0 Å². The van der Waals surface area contributed by atoms with Crippen LogP contribution in [-0.2, 0) is 4.74 Å². The minimum absolute atomic E-state index is 0.114. The van der Waals surface area contributed by atoms with Gasteiger partial charge in [-0.25, -0.2) is 24.2 Å². The molecule has 2 unspecified atom stereocenters. The lowest BCUT2D eigenvalue weighted by molar-refractivity contribution is 0.0745. The number of piperazine rings is 1. The lowest BCUT2D eigenvalue weighted by Crippen LogP contribution is -2.56. The van der Waals surface area contributed by atoms with E-state index in [-0.39, 0.29) is 17.1 Å². The molecule has 35 heavy (non-hydrogen) atoms. The molecular formula is C23H27Cl2F2N7O. The van der Waals surface area contributed by atoms with Crippen LogP contribution >= 0.6 is 23.2 Å². The highest BCUT2D eigenvalue weighted by Gasteiger charge is 2.61. The smallest absolute Gasteiger partial charge is 0.272 e. The standard InChI is InChI=1S/C23H27Cl2F2N7O/c1-22(2-7-35-13-22)33-5-3-32(4-6-33)18-9-16-14(8-15(18)24)11-28-21(30-16)31-17-12-29-34(20(17)25)19-10-23(19,26)27/h8-9,11,19,29H,2-7,10,12-13H2,1H3,(H,28,30,31). The second kappa shape index (κ2) is 8.55. The number of nitrogens with one attached hydrogen (secondary N) is 2. The first kappa shape index (κ1) is 23.4. The topological polar surface area (TPSA) is 68.8 Å². The SMILES string of the molecule is CC1(N2CCN(c3cc4nc(NC5=C(Cl)N(C6CC6(F)F)NC5)ncc4cc3Cl)CC2)CCOC1. The van der Waals surface area contributed by atoms with Gasteiger partial charge in [-0.2, -0.15) is 0 Å². The number of halogens is 4. The molecule has 4 aliphatic rings. The second-order valence-electron chi connectivity index (χ2n) is 9.91. The van der Waals surface area contributed by atoms with Crippen LogP contribution in [0.4, 0.5) is 20.4 Å². The number of fused-ring (bicyclic) bond motifs is 1. The highest BCUT2D eigenvalue weighted by atomic mass is 35.5. The number of hydrazine groups is 1. The van der Waals surface area contributed by atoms with Crippen molar-refractivity contribution < 1.29 is 13.5 Å². The number of nitrogens with zero attached hydrogens (tertiary/aromatic N) is 5. The van der Waals surface area contributed by atoms with Gasteiger partial charge in [0.1, 0.15) is 11.2 Å². The Morgan fingerprint density at radius 3 is 2.66 bits per heavy atom. The van der Waals surface area contributed by atoms with Crippen molar-refractivity contribution in [2.24, 2.45) is 0 Å². The summed E-state index contributed by atoms with van der Waals surface area (Å²) < 4.78 is 32.6. The van der Waals surface area contributed by atoms with Crippen LogP contribution in [0.2, 0.25) is 5.02 Å². The monoisotopic (exact) mass is 525 g/mol. The van der Waals surface area contributed by atoms with E-state index in [1.807, 2.05) is 12.1 Å². The summed E-state index contributed by atoms with van der Waals surface area (Å²) in [5.74, 6) is -2.37. The van der Waals surface area contributed by atoms with Gasteiger partial charge in [-0.05, 0) is 25.5 Å². The molecule has 1 saturated carbocycles. The summed E-state index contributed by atoms with van der Waals surface area (Å²) in [5, 5.41) is 6.11. The molecule has 0 amide bonds. The number of ether oxygens (including phenoxy) is 1. The molecule has 2 N–H and O–H groups in total. The quantitative estimate of drug-likeness (QED) is 0.573. The highest BCUT2D eigenvalue weighted by molar-refractivity contribution is 6.34. The second-order valence-corrected chi connectivity index (χ2v) is 10.7. The third kappa shape index (κ3) is 4.29. The first-order valence-corrected chi connectivity index (χ1v) is 12.6. The van der Waals surface area contributed by atoms with Gasteiger partial charge in [0.05, 0.1) is 35.1 Å². The van der Waals surface area contributed by atoms with Crippen molar-refractivity contribution in [2.75, 3.05) is 56.2 Å². The van der Waals surface area contributed by atoms with Gasteiger partial charge in [0.25, 0.3) is 5.92 Å². The molecule has 1 aliphatic carbocycles. The van der Waals surface area contributed by atoms with Crippen LogP contribution in [0.1, 0.15) is 19.8 Å². The fourth-order valence-electron chi connectivity index (χ4n) is 5.14. The molecule has 0 spiro atoms. The van der Waals surface area contributed by atoms with E-state index in [4.69, 9.17) is 27.9 Å². The van der Waals surface area contributed by atoms with E-state index in [0.29, 0.717) is 23.2 Å². The number of hydrogen-bond acceptors (Lipinski definition) is 8. The maximum absolute atomic E-state index is 13.5. The molecule has 1 aromatic heterocycles. The van der Waals surface area contributed by atoms with Crippen LogP contribution < -0.4 is 15.6 Å². The summed E-state index contributed by atoms with van der Waals surface area (Å²) in [6.07, 6.45) is 2.55. The summed E-state index contributed by atoms with van der Waals surface area (Å²) in [7, 11) is 0. The van der Waals surface area contributed by atoms with Crippen molar-refractivity contribution in [3.63, 3.8) is 0 Å². The van der Waals surface area contributed by atoms with Gasteiger partial charge >= 0.3 is 0 Å². The molecule has 3 aliphatic heterocycles. The van der Waals surface area contributed by atoms with Crippen molar-refractivity contribution in [1.82, 2.24) is 25.3 Å². The lowest BCUT2D eigenvalue weighted by atomic mass is 9.98. The van der Waals surface area contributed by atoms with E-state index in [9.17, 15) is 8.78 Å². The number of benzene rings is 1. The van der Waals surface area contributed by atoms with Gasteiger partial charge < -0.3 is 15.0 Å². The predicted octanol–water partition coefficient (Wildman–Crippen LogP) is 3.63. The minimum atomic E-state index is -2.72. The Balaban J connectivity index is 1.19. The lowest BCUT2D eigenvalue weighted by Gasteiger charge is -2.44. The molecule has 3 fully saturated rings. The first-order valence-electron chi connectivity index (χ1n) is 11.8. The fourth-order valence-corrected chi connectivity index (χ4v) is 5.73. The molecule has 0 radical (unpaired) electrons. The number of hydrogen-bond donors (Lipinski definition) is 2. The maximum Gasteiger partial charge on any atom is 0.272 e. The molecule has 2 atom stereocenters. The number of rotatable bonds is 5. The Bertz CT molecular complexity index is 1180. The summed E-state index contributed by atoms with van der Waals surface area (Å²) in [5.41, 5.74) is 5.27. The Morgan fingerprint density at radius 1 is 1.20 bits per heavy atom. The molecular weight excluding hydrogens is 499 g/mol. The average Bonchev–Trinajstić information content (AvgIpc) is 3.12. The van der Waals surface area contributed by atoms with Crippen molar-refractivity contribution >= 4 is 45.7 Å². The minimum Gasteiger partial charge on any atom is -0.379 e. The molecule has 188 valence electrons. The summed E-state index contributed by atoms with van der Waals surface area (Å²) in [6, 6.07) is 2.95. The number of alkyl halides is 2.